The maximum absolute atomic E-state index is 3.51. The van der Waals surface area contributed by atoms with Crippen LogP contribution in [0.4, 0.5) is 0 Å². The Morgan fingerprint density at radius 1 is 1.32 bits per heavy atom. The van der Waals surface area contributed by atoms with Gasteiger partial charge in [-0.2, -0.15) is 0 Å². The van der Waals surface area contributed by atoms with Crippen LogP contribution in [0, 0.1) is 0 Å². The molecule has 2 unspecified atom stereocenters. The Hall–Kier alpha value is -0.860. The molecule has 0 aromatic heterocycles. The van der Waals surface area contributed by atoms with Crippen molar-refractivity contribution in [3.05, 3.63) is 35.4 Å². The van der Waals surface area contributed by atoms with E-state index in [0.29, 0.717) is 12.1 Å². The van der Waals surface area contributed by atoms with E-state index in [0.717, 1.165) is 6.54 Å². The highest BCUT2D eigenvalue weighted by Crippen LogP contribution is 2.23. The Kier molecular flexibility index (Phi) is 5.41. The van der Waals surface area contributed by atoms with Crippen molar-refractivity contribution in [2.75, 3.05) is 20.1 Å². The fourth-order valence-electron chi connectivity index (χ4n) is 2.98. The largest absolute Gasteiger partial charge is 0.315 e. The molecule has 0 radical (unpaired) electrons. The molecule has 2 rings (SSSR count). The Balaban J connectivity index is 1.99. The summed E-state index contributed by atoms with van der Waals surface area (Å²) in [5.74, 6) is 0. The lowest BCUT2D eigenvalue weighted by atomic mass is 9.99. The Morgan fingerprint density at radius 3 is 2.63 bits per heavy atom. The van der Waals surface area contributed by atoms with Crippen molar-refractivity contribution < 1.29 is 0 Å². The number of benzene rings is 1. The fourth-order valence-corrected chi connectivity index (χ4v) is 2.98. The zero-order valence-corrected chi connectivity index (χ0v) is 12.7. The molecule has 2 heteroatoms. The lowest BCUT2D eigenvalue weighted by molar-refractivity contribution is 0.156. The molecule has 1 N–H and O–H groups in total. The van der Waals surface area contributed by atoms with E-state index in [4.69, 9.17) is 0 Å². The van der Waals surface area contributed by atoms with Gasteiger partial charge in [0, 0.05) is 18.6 Å². The van der Waals surface area contributed by atoms with Gasteiger partial charge in [-0.3, -0.25) is 4.90 Å². The first-order valence-corrected chi connectivity index (χ1v) is 7.74. The van der Waals surface area contributed by atoms with Gasteiger partial charge in [0.25, 0.3) is 0 Å². The van der Waals surface area contributed by atoms with Gasteiger partial charge in [0.15, 0.2) is 0 Å². The predicted octanol–water partition coefficient (Wildman–Crippen LogP) is 3.38. The van der Waals surface area contributed by atoms with Gasteiger partial charge in [-0.1, -0.05) is 37.6 Å². The highest BCUT2D eigenvalue weighted by molar-refractivity contribution is 5.25. The third kappa shape index (κ3) is 3.80. The van der Waals surface area contributed by atoms with Gasteiger partial charge < -0.3 is 5.32 Å². The van der Waals surface area contributed by atoms with Gasteiger partial charge in [-0.25, -0.2) is 0 Å². The molecule has 1 aromatic rings. The van der Waals surface area contributed by atoms with Crippen molar-refractivity contribution in [2.24, 2.45) is 0 Å². The van der Waals surface area contributed by atoms with Crippen molar-refractivity contribution in [1.29, 1.82) is 0 Å². The molecule has 19 heavy (non-hydrogen) atoms. The van der Waals surface area contributed by atoms with Crippen LogP contribution in [0.25, 0.3) is 0 Å². The summed E-state index contributed by atoms with van der Waals surface area (Å²) in [6.45, 7) is 6.88. The smallest absolute Gasteiger partial charge is 0.0320 e. The van der Waals surface area contributed by atoms with E-state index in [2.05, 4.69) is 55.4 Å². The zero-order valence-electron chi connectivity index (χ0n) is 12.7. The third-order valence-electron chi connectivity index (χ3n) is 4.46. The lowest BCUT2D eigenvalue weighted by Gasteiger charge is -2.36. The quantitative estimate of drug-likeness (QED) is 0.873. The Bertz CT molecular complexity index is 365. The summed E-state index contributed by atoms with van der Waals surface area (Å²) in [6, 6.07) is 10.4. The molecule has 2 nitrogen and oxygen atoms in total. The van der Waals surface area contributed by atoms with Gasteiger partial charge in [0.05, 0.1) is 0 Å². The van der Waals surface area contributed by atoms with Crippen LogP contribution in [-0.2, 0) is 6.42 Å². The van der Waals surface area contributed by atoms with Gasteiger partial charge in [-0.05, 0) is 50.9 Å². The maximum atomic E-state index is 3.51. The number of nitrogens with zero attached hydrogens (tertiary/aromatic N) is 1. The summed E-state index contributed by atoms with van der Waals surface area (Å²) in [4.78, 5) is 2.53. The highest BCUT2D eigenvalue weighted by Gasteiger charge is 2.22. The summed E-state index contributed by atoms with van der Waals surface area (Å²) in [7, 11) is 2.27. The molecule has 1 aliphatic rings. The van der Waals surface area contributed by atoms with Crippen LogP contribution in [0.3, 0.4) is 0 Å². The summed E-state index contributed by atoms with van der Waals surface area (Å²) in [5, 5.41) is 3.51. The first-order valence-electron chi connectivity index (χ1n) is 7.74. The van der Waals surface area contributed by atoms with Crippen LogP contribution in [0.15, 0.2) is 24.3 Å². The minimum Gasteiger partial charge on any atom is -0.315 e. The second-order valence-corrected chi connectivity index (χ2v) is 5.83. The van der Waals surface area contributed by atoms with Gasteiger partial charge in [0.2, 0.25) is 0 Å². The van der Waals surface area contributed by atoms with Crippen LogP contribution in [0.5, 0.6) is 0 Å². The predicted molar refractivity (Wildman–Crippen MR) is 82.5 cm³/mol. The molecular weight excluding hydrogens is 232 g/mol. The minimum absolute atomic E-state index is 0.501. The molecular formula is C17H28N2. The summed E-state index contributed by atoms with van der Waals surface area (Å²) in [6.07, 6.45) is 5.04. The zero-order chi connectivity index (χ0) is 13.7. The third-order valence-corrected chi connectivity index (χ3v) is 4.46. The summed E-state index contributed by atoms with van der Waals surface area (Å²) < 4.78 is 0. The van der Waals surface area contributed by atoms with Crippen molar-refractivity contribution in [3.63, 3.8) is 0 Å². The number of hydrogen-bond donors (Lipinski definition) is 1. The van der Waals surface area contributed by atoms with Crippen LogP contribution >= 0.6 is 0 Å². The average molecular weight is 260 g/mol. The minimum atomic E-state index is 0.501. The number of rotatable bonds is 5. The first-order chi connectivity index (χ1) is 9.22. The number of hydrogen-bond acceptors (Lipinski definition) is 2. The van der Waals surface area contributed by atoms with E-state index in [-0.39, 0.29) is 0 Å². The molecule has 2 atom stereocenters. The van der Waals surface area contributed by atoms with E-state index < -0.39 is 0 Å². The number of nitrogens with one attached hydrogen (secondary N) is 1. The standard InChI is InChI=1S/C17H28N2/c1-4-6-15-8-10-16(11-9-15)14(2)19(3)17-7-5-12-18-13-17/h8-11,14,17-18H,4-7,12-13H2,1-3H3. The van der Waals surface area contributed by atoms with E-state index in [1.807, 2.05) is 0 Å². The van der Waals surface area contributed by atoms with E-state index in [9.17, 15) is 0 Å². The Labute approximate surface area is 118 Å². The van der Waals surface area contributed by atoms with Crippen molar-refractivity contribution in [1.82, 2.24) is 10.2 Å². The fraction of sp³-hybridized carbons (Fsp3) is 0.647. The monoisotopic (exact) mass is 260 g/mol. The van der Waals surface area contributed by atoms with Gasteiger partial charge in [-0.15, -0.1) is 0 Å². The molecule has 0 aliphatic carbocycles. The molecule has 0 saturated carbocycles. The highest BCUT2D eigenvalue weighted by atomic mass is 15.2. The molecule has 1 heterocycles. The van der Waals surface area contributed by atoms with Crippen molar-refractivity contribution >= 4 is 0 Å². The van der Waals surface area contributed by atoms with E-state index in [1.165, 1.54) is 43.4 Å². The molecule has 0 bridgehead atoms. The molecule has 106 valence electrons. The van der Waals surface area contributed by atoms with Crippen molar-refractivity contribution in [3.8, 4) is 0 Å². The molecule has 1 aliphatic heterocycles. The van der Waals surface area contributed by atoms with E-state index >= 15 is 0 Å². The summed E-state index contributed by atoms with van der Waals surface area (Å²) in [5.41, 5.74) is 2.90. The second-order valence-electron chi connectivity index (χ2n) is 5.83. The van der Waals surface area contributed by atoms with E-state index in [1.54, 1.807) is 0 Å². The normalized spacial score (nSPS) is 21.6. The number of aryl methyl sites for hydroxylation is 1. The molecule has 1 saturated heterocycles. The molecule has 1 fully saturated rings. The first kappa shape index (κ1) is 14.5. The second kappa shape index (κ2) is 7.06. The van der Waals surface area contributed by atoms with Crippen LogP contribution in [0.2, 0.25) is 0 Å². The van der Waals surface area contributed by atoms with Gasteiger partial charge in [0.1, 0.15) is 0 Å². The lowest BCUT2D eigenvalue weighted by Crippen LogP contribution is -2.45. The number of piperidine rings is 1. The van der Waals surface area contributed by atoms with Crippen molar-refractivity contribution in [2.45, 2.75) is 51.6 Å². The van der Waals surface area contributed by atoms with Crippen LogP contribution in [0.1, 0.15) is 50.3 Å². The van der Waals surface area contributed by atoms with Crippen LogP contribution in [-0.4, -0.2) is 31.1 Å². The molecule has 0 amide bonds. The maximum Gasteiger partial charge on any atom is 0.0320 e. The SMILES string of the molecule is CCCc1ccc(C(C)N(C)C2CCCNC2)cc1. The number of likely N-dealkylation sites (N-methyl/N-ethyl adjacent to an activating group) is 1. The van der Waals surface area contributed by atoms with Crippen LogP contribution < -0.4 is 5.32 Å². The summed E-state index contributed by atoms with van der Waals surface area (Å²) >= 11 is 0. The average Bonchev–Trinajstić information content (AvgIpc) is 2.48. The topological polar surface area (TPSA) is 15.3 Å². The molecule has 1 aromatic carbocycles. The van der Waals surface area contributed by atoms with Gasteiger partial charge >= 0.3 is 0 Å². The Morgan fingerprint density at radius 2 is 2.05 bits per heavy atom. The molecule has 0 spiro atoms.